The Morgan fingerprint density at radius 3 is 1.62 bits per heavy atom. The van der Waals surface area contributed by atoms with E-state index in [0.29, 0.717) is 6.42 Å². The molecule has 0 saturated carbocycles. The predicted octanol–water partition coefficient (Wildman–Crippen LogP) is -3.51. The van der Waals surface area contributed by atoms with Crippen LogP contribution in [-0.4, -0.2) is 170 Å². The van der Waals surface area contributed by atoms with Gasteiger partial charge in [0.1, 0.15) is 55.4 Å². The lowest BCUT2D eigenvalue weighted by Crippen LogP contribution is -2.65. The van der Waals surface area contributed by atoms with E-state index in [9.17, 15) is 61.0 Å². The number of carboxylic acids is 1. The molecular formula is C30H58O18. The number of aliphatic carboxylic acids is 1. The van der Waals surface area contributed by atoms with E-state index in [0.717, 1.165) is 25.7 Å². The average molecular weight is 707 g/mol. The highest BCUT2D eigenvalue weighted by atomic mass is 16.8. The van der Waals surface area contributed by atoms with Crippen molar-refractivity contribution in [2.24, 2.45) is 0 Å². The van der Waals surface area contributed by atoms with Gasteiger partial charge in [0.2, 0.25) is 5.79 Å². The van der Waals surface area contributed by atoms with Gasteiger partial charge in [-0.2, -0.15) is 0 Å². The third kappa shape index (κ3) is 12.0. The smallest absolute Gasteiger partial charge is 0.370 e. The summed E-state index contributed by atoms with van der Waals surface area (Å²) in [6, 6.07) is 0. The summed E-state index contributed by atoms with van der Waals surface area (Å²) >= 11 is 0. The number of rotatable bonds is 21. The molecule has 2 aliphatic rings. The van der Waals surface area contributed by atoms with Crippen LogP contribution >= 0.6 is 0 Å². The third-order valence-electron chi connectivity index (χ3n) is 8.68. The van der Waals surface area contributed by atoms with Gasteiger partial charge in [-0.3, -0.25) is 0 Å². The van der Waals surface area contributed by atoms with Crippen LogP contribution in [-0.2, 0) is 19.0 Å². The van der Waals surface area contributed by atoms with Crippen molar-refractivity contribution in [3.8, 4) is 0 Å². The third-order valence-corrected chi connectivity index (χ3v) is 8.68. The van der Waals surface area contributed by atoms with Gasteiger partial charge in [-0.15, -0.1) is 0 Å². The molecule has 0 aromatic carbocycles. The fourth-order valence-electron chi connectivity index (χ4n) is 5.40. The van der Waals surface area contributed by atoms with Crippen LogP contribution in [0.15, 0.2) is 0 Å². The Kier molecular flexibility index (Phi) is 19.9. The van der Waals surface area contributed by atoms with Gasteiger partial charge in [0, 0.05) is 0 Å². The van der Waals surface area contributed by atoms with Crippen LogP contribution in [0.3, 0.4) is 0 Å². The highest BCUT2D eigenvalue weighted by molar-refractivity contribution is 5.76. The Bertz CT molecular complexity index is 890. The molecule has 0 aromatic heterocycles. The molecule has 286 valence electrons. The summed E-state index contributed by atoms with van der Waals surface area (Å²) in [5, 5.41) is 132. The maximum absolute atomic E-state index is 10.6. The standard InChI is InChI=1S/C18H36O7.C12H22O11/c1-2-3-4-5-6-7-8-9-10-11-12-13-14-15(19)17(22,23)18(24,25)16(20)21;13-1-4-6(16)8(18)9(19)11(21-4)23-12(3-15)10(20)7(17)5(2-14)22-12/h15,19,22-25H,2-14H2,1H3,(H,20,21);4-11,13-20H,1-3H2/t;4-,5-,6-,7-,8+,9-,10+,11-,12+/m.1/s1. The van der Waals surface area contributed by atoms with E-state index in [1.165, 1.54) is 44.9 Å². The second-order valence-corrected chi connectivity index (χ2v) is 12.5. The number of hydrogen-bond acceptors (Lipinski definition) is 17. The summed E-state index contributed by atoms with van der Waals surface area (Å²) < 4.78 is 15.4. The molecule has 2 fully saturated rings. The van der Waals surface area contributed by atoms with Gasteiger partial charge in [0.05, 0.1) is 13.2 Å². The number of ether oxygens (including phenoxy) is 3. The van der Waals surface area contributed by atoms with Crippen molar-refractivity contribution in [2.75, 3.05) is 19.8 Å². The van der Waals surface area contributed by atoms with Crippen molar-refractivity contribution in [2.45, 2.75) is 163 Å². The van der Waals surface area contributed by atoms with E-state index in [-0.39, 0.29) is 6.42 Å². The summed E-state index contributed by atoms with van der Waals surface area (Å²) in [5.74, 6) is -11.8. The van der Waals surface area contributed by atoms with E-state index >= 15 is 0 Å². The Balaban J connectivity index is 0.000000481. The molecule has 0 amide bonds. The van der Waals surface area contributed by atoms with Crippen LogP contribution < -0.4 is 0 Å². The molecular weight excluding hydrogens is 648 g/mol. The van der Waals surface area contributed by atoms with E-state index < -0.39 is 98.3 Å². The van der Waals surface area contributed by atoms with Crippen molar-refractivity contribution >= 4 is 5.97 Å². The molecule has 2 rings (SSSR count). The van der Waals surface area contributed by atoms with Gasteiger partial charge in [-0.1, -0.05) is 84.0 Å². The first-order valence-corrected chi connectivity index (χ1v) is 16.5. The van der Waals surface area contributed by atoms with Crippen molar-refractivity contribution < 1.29 is 90.5 Å². The average Bonchev–Trinajstić information content (AvgIpc) is 3.30. The van der Waals surface area contributed by atoms with Gasteiger partial charge in [-0.25, -0.2) is 4.79 Å². The number of carboxylic acid groups (broad SMARTS) is 1. The zero-order valence-electron chi connectivity index (χ0n) is 27.4. The maximum atomic E-state index is 10.6. The molecule has 48 heavy (non-hydrogen) atoms. The summed E-state index contributed by atoms with van der Waals surface area (Å²) in [7, 11) is 0. The molecule has 2 saturated heterocycles. The zero-order valence-corrected chi connectivity index (χ0v) is 27.4. The molecule has 0 aliphatic carbocycles. The highest BCUT2D eigenvalue weighted by Gasteiger charge is 2.59. The number of carbonyl (C=O) groups is 1. The Morgan fingerprint density at radius 2 is 1.21 bits per heavy atom. The normalized spacial score (nSPS) is 31.7. The van der Waals surface area contributed by atoms with Crippen LogP contribution in [0.2, 0.25) is 0 Å². The largest absolute Gasteiger partial charge is 0.477 e. The van der Waals surface area contributed by atoms with Crippen molar-refractivity contribution in [1.29, 1.82) is 0 Å². The monoisotopic (exact) mass is 706 g/mol. The predicted molar refractivity (Wildman–Crippen MR) is 162 cm³/mol. The summed E-state index contributed by atoms with van der Waals surface area (Å²) in [4.78, 5) is 10.6. The molecule has 0 bridgehead atoms. The quantitative estimate of drug-likeness (QED) is 0.0406. The van der Waals surface area contributed by atoms with Crippen LogP contribution in [0.25, 0.3) is 0 Å². The minimum atomic E-state index is -3.82. The SMILES string of the molecule is CCCCCCCCCCCCCCC(O)C(O)(O)C(O)(O)C(=O)O.OC[C@H]1O[C@@](CO)(O[C@H]2O[C@H](CO)[C@@H](O)[C@H](O)[C@H]2O)[C@@H](O)[C@@H]1O. The van der Waals surface area contributed by atoms with Gasteiger partial charge in [-0.05, 0) is 6.42 Å². The molecule has 0 radical (unpaired) electrons. The summed E-state index contributed by atoms with van der Waals surface area (Å²) in [6.45, 7) is -0.118. The van der Waals surface area contributed by atoms with E-state index in [2.05, 4.69) is 6.92 Å². The van der Waals surface area contributed by atoms with Crippen LogP contribution in [0.1, 0.15) is 90.4 Å². The zero-order chi connectivity index (χ0) is 36.7. The summed E-state index contributed by atoms with van der Waals surface area (Å²) in [5.41, 5.74) is 0. The number of hydrogen-bond donors (Lipinski definition) is 14. The minimum absolute atomic E-state index is 0.124. The van der Waals surface area contributed by atoms with E-state index in [1.54, 1.807) is 0 Å². The molecule has 10 atom stereocenters. The molecule has 0 spiro atoms. The highest BCUT2D eigenvalue weighted by Crippen LogP contribution is 2.36. The first-order valence-electron chi connectivity index (χ1n) is 16.5. The lowest BCUT2D eigenvalue weighted by molar-refractivity contribution is -0.383. The Morgan fingerprint density at radius 1 is 0.729 bits per heavy atom. The lowest BCUT2D eigenvalue weighted by Gasteiger charge is -2.43. The maximum Gasteiger partial charge on any atom is 0.370 e. The first-order chi connectivity index (χ1) is 22.5. The van der Waals surface area contributed by atoms with Crippen LogP contribution in [0.4, 0.5) is 0 Å². The number of aliphatic hydroxyl groups is 13. The molecule has 1 unspecified atom stereocenters. The fourth-order valence-corrected chi connectivity index (χ4v) is 5.40. The second-order valence-electron chi connectivity index (χ2n) is 12.5. The van der Waals surface area contributed by atoms with Gasteiger partial charge >= 0.3 is 11.8 Å². The van der Waals surface area contributed by atoms with Crippen molar-refractivity contribution in [3.63, 3.8) is 0 Å². The van der Waals surface area contributed by atoms with Gasteiger partial charge in [0.15, 0.2) is 6.29 Å². The lowest BCUT2D eigenvalue weighted by atomic mass is 9.95. The molecule has 18 nitrogen and oxygen atoms in total. The number of aliphatic hydroxyl groups excluding tert-OH is 9. The second kappa shape index (κ2) is 21.3. The summed E-state index contributed by atoms with van der Waals surface area (Å²) in [6.07, 6.45) is -1.44. The minimum Gasteiger partial charge on any atom is -0.477 e. The van der Waals surface area contributed by atoms with Crippen LogP contribution in [0.5, 0.6) is 0 Å². The topological polar surface area (TPSA) is 328 Å². The molecule has 2 heterocycles. The fraction of sp³-hybridized carbons (Fsp3) is 0.967. The van der Waals surface area contributed by atoms with Crippen LogP contribution in [0, 0.1) is 0 Å². The van der Waals surface area contributed by atoms with E-state index in [1.807, 2.05) is 0 Å². The molecule has 0 aromatic rings. The van der Waals surface area contributed by atoms with E-state index in [4.69, 9.17) is 29.5 Å². The van der Waals surface area contributed by atoms with Gasteiger partial charge in [0.25, 0.3) is 5.79 Å². The van der Waals surface area contributed by atoms with Crippen molar-refractivity contribution in [3.05, 3.63) is 0 Å². The molecule has 14 N–H and O–H groups in total. The number of unbranched alkanes of at least 4 members (excludes halogenated alkanes) is 11. The Hall–Kier alpha value is -1.17. The molecule has 18 heteroatoms. The van der Waals surface area contributed by atoms with Crippen molar-refractivity contribution in [1.82, 2.24) is 0 Å². The Labute approximate surface area is 279 Å². The first kappa shape index (κ1) is 44.9. The molecule has 2 aliphatic heterocycles. The van der Waals surface area contributed by atoms with Gasteiger partial charge < -0.3 is 85.7 Å².